The maximum atomic E-state index is 12.2. The van der Waals surface area contributed by atoms with Crippen LogP contribution in [0, 0.1) is 23.7 Å². The van der Waals surface area contributed by atoms with Crippen molar-refractivity contribution in [2.75, 3.05) is 0 Å². The second-order valence-electron chi connectivity index (χ2n) is 8.71. The van der Waals surface area contributed by atoms with Gasteiger partial charge in [0, 0.05) is 5.41 Å². The minimum Gasteiger partial charge on any atom is -0.415 e. The van der Waals surface area contributed by atoms with Crippen LogP contribution in [0.5, 0.6) is 0 Å². The number of nitrogens with zero attached hydrogens (tertiary/aromatic N) is 2. The predicted octanol–water partition coefficient (Wildman–Crippen LogP) is 2.85. The SMILES string of the molecule is CC(C)[C@@H](Sc1nnc(C23CC4CC(CC(C4)C2)C3)o1)C(=O)NC(N)=O. The molecule has 1 heterocycles. The zero-order valence-corrected chi connectivity index (χ0v) is 16.1. The van der Waals surface area contributed by atoms with Crippen LogP contribution in [0.15, 0.2) is 9.64 Å². The quantitative estimate of drug-likeness (QED) is 0.762. The van der Waals surface area contributed by atoms with Crippen molar-refractivity contribution in [3.05, 3.63) is 5.89 Å². The number of amides is 3. The van der Waals surface area contributed by atoms with Gasteiger partial charge < -0.3 is 10.2 Å². The summed E-state index contributed by atoms with van der Waals surface area (Å²) in [6.07, 6.45) is 7.54. The number of hydrogen-bond donors (Lipinski definition) is 2. The van der Waals surface area contributed by atoms with E-state index in [1.807, 2.05) is 13.8 Å². The molecule has 0 aliphatic heterocycles. The smallest absolute Gasteiger partial charge is 0.318 e. The molecular weight excluding hydrogens is 352 g/mol. The van der Waals surface area contributed by atoms with E-state index >= 15 is 0 Å². The van der Waals surface area contributed by atoms with E-state index in [0.29, 0.717) is 5.22 Å². The standard InChI is InChI=1S/C18H26N4O3S/c1-9(2)13(14(23)20-16(19)24)26-17-22-21-15(25-17)18-6-10-3-11(7-18)5-12(4-10)8-18/h9-13H,3-8H2,1-2H3,(H3,19,20,23,24)/t10?,11?,12?,13-,18?/m1/s1. The molecule has 1 atom stereocenters. The minimum absolute atomic E-state index is 0.00532. The minimum atomic E-state index is -0.846. The monoisotopic (exact) mass is 378 g/mol. The Bertz CT molecular complexity index is 682. The van der Waals surface area contributed by atoms with Gasteiger partial charge in [0.25, 0.3) is 5.22 Å². The van der Waals surface area contributed by atoms with E-state index in [-0.39, 0.29) is 11.3 Å². The molecule has 0 unspecified atom stereocenters. The molecule has 4 aliphatic carbocycles. The molecule has 8 heteroatoms. The third kappa shape index (κ3) is 3.23. The third-order valence-electron chi connectivity index (χ3n) is 6.24. The van der Waals surface area contributed by atoms with Crippen LogP contribution in [-0.4, -0.2) is 27.4 Å². The zero-order chi connectivity index (χ0) is 18.5. The molecular formula is C18H26N4O3S. The van der Waals surface area contributed by atoms with Crippen LogP contribution in [0.3, 0.4) is 0 Å². The summed E-state index contributed by atoms with van der Waals surface area (Å²) in [7, 11) is 0. The Morgan fingerprint density at radius 3 is 2.23 bits per heavy atom. The van der Waals surface area contributed by atoms with E-state index in [2.05, 4.69) is 15.5 Å². The summed E-state index contributed by atoms with van der Waals surface area (Å²) < 4.78 is 6.05. The highest BCUT2D eigenvalue weighted by molar-refractivity contribution is 8.00. The summed E-state index contributed by atoms with van der Waals surface area (Å²) in [6.45, 7) is 3.82. The molecule has 4 fully saturated rings. The highest BCUT2D eigenvalue weighted by Crippen LogP contribution is 2.60. The van der Waals surface area contributed by atoms with E-state index in [1.165, 1.54) is 31.0 Å². The van der Waals surface area contributed by atoms with E-state index in [0.717, 1.165) is 42.9 Å². The Labute approximate surface area is 157 Å². The molecule has 4 bridgehead atoms. The topological polar surface area (TPSA) is 111 Å². The van der Waals surface area contributed by atoms with Crippen molar-refractivity contribution in [1.82, 2.24) is 15.5 Å². The molecule has 26 heavy (non-hydrogen) atoms. The van der Waals surface area contributed by atoms with Gasteiger partial charge in [-0.3, -0.25) is 10.1 Å². The van der Waals surface area contributed by atoms with E-state index in [4.69, 9.17) is 10.2 Å². The van der Waals surface area contributed by atoms with Crippen molar-refractivity contribution in [3.8, 4) is 0 Å². The molecule has 0 radical (unpaired) electrons. The molecule has 1 aromatic rings. The van der Waals surface area contributed by atoms with Gasteiger partial charge in [0.05, 0.1) is 5.25 Å². The van der Waals surface area contributed by atoms with E-state index in [9.17, 15) is 9.59 Å². The molecule has 1 aromatic heterocycles. The number of urea groups is 1. The number of primary amides is 1. The average Bonchev–Trinajstić information content (AvgIpc) is 2.99. The van der Waals surface area contributed by atoms with Gasteiger partial charge in [0.15, 0.2) is 0 Å². The van der Waals surface area contributed by atoms with Crippen LogP contribution in [0.1, 0.15) is 58.3 Å². The highest BCUT2D eigenvalue weighted by Gasteiger charge is 2.54. The first-order valence-corrected chi connectivity index (χ1v) is 10.3. The summed E-state index contributed by atoms with van der Waals surface area (Å²) in [5, 5.41) is 10.6. The number of carbonyl (C=O) groups is 2. The molecule has 7 nitrogen and oxygen atoms in total. The molecule has 5 rings (SSSR count). The Morgan fingerprint density at radius 2 is 1.73 bits per heavy atom. The van der Waals surface area contributed by atoms with Gasteiger partial charge in [-0.05, 0) is 62.2 Å². The van der Waals surface area contributed by atoms with Crippen molar-refractivity contribution < 1.29 is 14.0 Å². The Morgan fingerprint density at radius 1 is 1.15 bits per heavy atom. The fraction of sp³-hybridized carbons (Fsp3) is 0.778. The summed E-state index contributed by atoms with van der Waals surface area (Å²) >= 11 is 1.21. The van der Waals surface area contributed by atoms with Crippen LogP contribution in [0.4, 0.5) is 4.79 Å². The van der Waals surface area contributed by atoms with Crippen molar-refractivity contribution in [2.45, 2.75) is 68.3 Å². The van der Waals surface area contributed by atoms with Gasteiger partial charge >= 0.3 is 6.03 Å². The number of imide groups is 1. The van der Waals surface area contributed by atoms with Crippen molar-refractivity contribution in [3.63, 3.8) is 0 Å². The van der Waals surface area contributed by atoms with Gasteiger partial charge in [0.2, 0.25) is 11.8 Å². The fourth-order valence-electron chi connectivity index (χ4n) is 5.64. The lowest BCUT2D eigenvalue weighted by molar-refractivity contribution is -0.120. The van der Waals surface area contributed by atoms with Crippen molar-refractivity contribution in [2.24, 2.45) is 29.4 Å². The average molecular weight is 378 g/mol. The molecule has 3 amide bonds. The van der Waals surface area contributed by atoms with Crippen LogP contribution in [0.25, 0.3) is 0 Å². The maximum absolute atomic E-state index is 12.2. The lowest BCUT2D eigenvalue weighted by atomic mass is 9.49. The Hall–Kier alpha value is -1.57. The molecule has 4 saturated carbocycles. The van der Waals surface area contributed by atoms with Crippen LogP contribution < -0.4 is 11.1 Å². The van der Waals surface area contributed by atoms with Crippen molar-refractivity contribution in [1.29, 1.82) is 0 Å². The third-order valence-corrected chi connectivity index (χ3v) is 7.62. The fourth-order valence-corrected chi connectivity index (χ4v) is 6.51. The van der Waals surface area contributed by atoms with E-state index < -0.39 is 17.2 Å². The first-order chi connectivity index (χ1) is 12.3. The zero-order valence-electron chi connectivity index (χ0n) is 15.2. The predicted molar refractivity (Wildman–Crippen MR) is 96.4 cm³/mol. The maximum Gasteiger partial charge on any atom is 0.318 e. The Balaban J connectivity index is 1.51. The number of carbonyl (C=O) groups excluding carboxylic acids is 2. The summed E-state index contributed by atoms with van der Waals surface area (Å²) in [5.41, 5.74) is 5.11. The van der Waals surface area contributed by atoms with Gasteiger partial charge in [-0.25, -0.2) is 4.79 Å². The molecule has 142 valence electrons. The first-order valence-electron chi connectivity index (χ1n) is 9.45. The van der Waals surface area contributed by atoms with Gasteiger partial charge in [-0.2, -0.15) is 0 Å². The summed E-state index contributed by atoms with van der Waals surface area (Å²) in [4.78, 5) is 23.2. The number of nitrogens with two attached hydrogens (primary N) is 1. The molecule has 3 N–H and O–H groups in total. The molecule has 0 spiro atoms. The lowest BCUT2D eigenvalue weighted by Crippen LogP contribution is -2.48. The molecule has 0 saturated heterocycles. The first kappa shape index (κ1) is 17.8. The van der Waals surface area contributed by atoms with Gasteiger partial charge in [-0.15, -0.1) is 10.2 Å². The van der Waals surface area contributed by atoms with Gasteiger partial charge in [0.1, 0.15) is 0 Å². The van der Waals surface area contributed by atoms with Crippen molar-refractivity contribution >= 4 is 23.7 Å². The summed E-state index contributed by atoms with van der Waals surface area (Å²) in [6, 6.07) is -0.846. The molecule has 0 aromatic carbocycles. The second kappa shape index (κ2) is 6.55. The number of thioether (sulfide) groups is 1. The van der Waals surface area contributed by atoms with E-state index in [1.54, 1.807) is 0 Å². The summed E-state index contributed by atoms with van der Waals surface area (Å²) in [5.74, 6) is 2.72. The second-order valence-corrected chi connectivity index (χ2v) is 9.80. The lowest BCUT2D eigenvalue weighted by Gasteiger charge is -2.55. The number of aromatic nitrogens is 2. The number of hydrogen-bond acceptors (Lipinski definition) is 6. The Kier molecular flexibility index (Phi) is 4.49. The van der Waals surface area contributed by atoms with Gasteiger partial charge in [-0.1, -0.05) is 25.6 Å². The van der Waals surface area contributed by atoms with Crippen LogP contribution >= 0.6 is 11.8 Å². The highest BCUT2D eigenvalue weighted by atomic mass is 32.2. The molecule has 4 aliphatic rings. The van der Waals surface area contributed by atoms with Crippen LogP contribution in [-0.2, 0) is 10.2 Å². The van der Waals surface area contributed by atoms with Crippen LogP contribution in [0.2, 0.25) is 0 Å². The number of nitrogens with one attached hydrogen (secondary N) is 1. The normalized spacial score (nSPS) is 33.4. The number of rotatable bonds is 5. The largest absolute Gasteiger partial charge is 0.415 e.